The van der Waals surface area contributed by atoms with Crippen LogP contribution in [0.5, 0.6) is 0 Å². The van der Waals surface area contributed by atoms with Crippen LogP contribution >= 0.6 is 22.9 Å². The third kappa shape index (κ3) is 2.17. The van der Waals surface area contributed by atoms with Crippen LogP contribution in [0.1, 0.15) is 12.5 Å². The molecule has 1 aliphatic heterocycles. The lowest BCUT2D eigenvalue weighted by atomic mass is 9.82. The van der Waals surface area contributed by atoms with Gasteiger partial charge >= 0.3 is 5.97 Å². The molecule has 1 N–H and O–H groups in total. The van der Waals surface area contributed by atoms with Gasteiger partial charge in [-0.2, -0.15) is 0 Å². The Labute approximate surface area is 97.3 Å². The molecule has 1 aromatic rings. The molecule has 1 fully saturated rings. The minimum Gasteiger partial charge on any atom is -0.481 e. The molecule has 82 valence electrons. The van der Waals surface area contributed by atoms with E-state index in [1.54, 1.807) is 6.92 Å². The van der Waals surface area contributed by atoms with Gasteiger partial charge in [-0.3, -0.25) is 9.69 Å². The van der Waals surface area contributed by atoms with Gasteiger partial charge in [0.05, 0.1) is 9.75 Å². The van der Waals surface area contributed by atoms with Gasteiger partial charge in [0.2, 0.25) is 0 Å². The molecule has 1 aromatic heterocycles. The van der Waals surface area contributed by atoms with E-state index in [2.05, 4.69) is 4.90 Å². The predicted octanol–water partition coefficient (Wildman–Crippen LogP) is 2.31. The zero-order valence-corrected chi connectivity index (χ0v) is 9.94. The Kier molecular flexibility index (Phi) is 2.75. The molecule has 1 saturated heterocycles. The highest BCUT2D eigenvalue weighted by molar-refractivity contribution is 7.14. The number of carbonyl (C=O) groups is 1. The smallest absolute Gasteiger partial charge is 0.311 e. The van der Waals surface area contributed by atoms with E-state index < -0.39 is 11.4 Å². The highest BCUT2D eigenvalue weighted by Gasteiger charge is 2.44. The molecule has 0 spiro atoms. The average Bonchev–Trinajstić information content (AvgIpc) is 2.48. The number of nitrogens with zero attached hydrogens (tertiary/aromatic N) is 1. The fourth-order valence-corrected chi connectivity index (χ4v) is 2.77. The van der Waals surface area contributed by atoms with Crippen LogP contribution in [-0.2, 0) is 11.3 Å². The topological polar surface area (TPSA) is 40.5 Å². The first-order valence-electron chi connectivity index (χ1n) is 4.68. The molecule has 1 aliphatic rings. The SMILES string of the molecule is CC1(C(=O)O)CN(Cc2csc(Cl)c2)C1. The number of likely N-dealkylation sites (tertiary alicyclic amines) is 1. The Hall–Kier alpha value is -0.580. The maximum atomic E-state index is 10.9. The summed E-state index contributed by atoms with van der Waals surface area (Å²) in [5.74, 6) is -0.706. The molecule has 0 aromatic carbocycles. The Bertz CT molecular complexity index is 385. The van der Waals surface area contributed by atoms with Crippen LogP contribution < -0.4 is 0 Å². The fourth-order valence-electron chi connectivity index (χ4n) is 1.87. The highest BCUT2D eigenvalue weighted by atomic mass is 35.5. The van der Waals surface area contributed by atoms with Gasteiger partial charge in [0.1, 0.15) is 0 Å². The van der Waals surface area contributed by atoms with Crippen molar-refractivity contribution in [3.8, 4) is 0 Å². The number of hydrogen-bond donors (Lipinski definition) is 1. The molecule has 0 amide bonds. The normalized spacial score (nSPS) is 19.9. The van der Waals surface area contributed by atoms with Gasteiger partial charge in [-0.25, -0.2) is 0 Å². The van der Waals surface area contributed by atoms with E-state index in [1.807, 2.05) is 11.4 Å². The van der Waals surface area contributed by atoms with E-state index in [-0.39, 0.29) is 0 Å². The summed E-state index contributed by atoms with van der Waals surface area (Å²) in [6, 6.07) is 1.93. The lowest BCUT2D eigenvalue weighted by Gasteiger charge is -2.44. The quantitative estimate of drug-likeness (QED) is 0.889. The molecule has 0 radical (unpaired) electrons. The summed E-state index contributed by atoms with van der Waals surface area (Å²) in [7, 11) is 0. The van der Waals surface area contributed by atoms with Gasteiger partial charge in [0.25, 0.3) is 0 Å². The van der Waals surface area contributed by atoms with Crippen molar-refractivity contribution in [2.45, 2.75) is 13.5 Å². The van der Waals surface area contributed by atoms with Crippen molar-refractivity contribution in [2.75, 3.05) is 13.1 Å². The van der Waals surface area contributed by atoms with Gasteiger partial charge in [-0.1, -0.05) is 11.6 Å². The van der Waals surface area contributed by atoms with E-state index in [0.29, 0.717) is 13.1 Å². The minimum absolute atomic E-state index is 0.556. The summed E-state index contributed by atoms with van der Waals surface area (Å²) < 4.78 is 0.784. The van der Waals surface area contributed by atoms with Crippen LogP contribution in [0.15, 0.2) is 11.4 Å². The first-order valence-corrected chi connectivity index (χ1v) is 5.94. The summed E-state index contributed by atoms with van der Waals surface area (Å²) in [5, 5.41) is 10.9. The van der Waals surface area contributed by atoms with E-state index in [9.17, 15) is 4.79 Å². The fraction of sp³-hybridized carbons (Fsp3) is 0.500. The molecule has 2 rings (SSSR count). The van der Waals surface area contributed by atoms with Crippen LogP contribution in [0.3, 0.4) is 0 Å². The molecule has 0 atom stereocenters. The Morgan fingerprint density at radius 1 is 1.73 bits per heavy atom. The number of hydrogen-bond acceptors (Lipinski definition) is 3. The van der Waals surface area contributed by atoms with E-state index in [0.717, 1.165) is 16.4 Å². The largest absolute Gasteiger partial charge is 0.481 e. The number of carboxylic acid groups (broad SMARTS) is 1. The average molecular weight is 246 g/mol. The molecule has 3 nitrogen and oxygen atoms in total. The summed E-state index contributed by atoms with van der Waals surface area (Å²) in [6.45, 7) is 3.82. The third-order valence-corrected chi connectivity index (χ3v) is 3.83. The molecule has 15 heavy (non-hydrogen) atoms. The maximum absolute atomic E-state index is 10.9. The number of carboxylic acids is 1. The standard InChI is InChI=1S/C10H12ClNO2S/c1-10(9(13)14)5-12(6-10)3-7-2-8(11)15-4-7/h2,4H,3,5-6H2,1H3,(H,13,14). The van der Waals surface area contributed by atoms with Crippen LogP contribution in [0.25, 0.3) is 0 Å². The maximum Gasteiger partial charge on any atom is 0.311 e. The van der Waals surface area contributed by atoms with Crippen molar-refractivity contribution in [3.63, 3.8) is 0 Å². The number of aliphatic carboxylic acids is 1. The molecule has 0 aliphatic carbocycles. The lowest BCUT2D eigenvalue weighted by molar-refractivity contribution is -0.158. The Morgan fingerprint density at radius 3 is 2.87 bits per heavy atom. The number of halogens is 1. The van der Waals surface area contributed by atoms with Crippen molar-refractivity contribution < 1.29 is 9.90 Å². The molecule has 5 heteroatoms. The number of rotatable bonds is 3. The summed E-state index contributed by atoms with van der Waals surface area (Å²) in [4.78, 5) is 13.0. The van der Waals surface area contributed by atoms with Crippen LogP contribution in [0, 0.1) is 5.41 Å². The van der Waals surface area contributed by atoms with Crippen molar-refractivity contribution in [1.29, 1.82) is 0 Å². The first-order chi connectivity index (χ1) is 6.99. The van der Waals surface area contributed by atoms with E-state index in [4.69, 9.17) is 16.7 Å². The van der Waals surface area contributed by atoms with E-state index in [1.165, 1.54) is 11.3 Å². The molecule has 2 heterocycles. The summed E-state index contributed by atoms with van der Waals surface area (Å²) in [6.07, 6.45) is 0. The van der Waals surface area contributed by atoms with Crippen molar-refractivity contribution in [1.82, 2.24) is 4.90 Å². The lowest BCUT2D eigenvalue weighted by Crippen LogP contribution is -2.58. The van der Waals surface area contributed by atoms with Crippen molar-refractivity contribution in [2.24, 2.45) is 5.41 Å². The second kappa shape index (κ2) is 3.77. The minimum atomic E-state index is -0.706. The van der Waals surface area contributed by atoms with Crippen molar-refractivity contribution in [3.05, 3.63) is 21.3 Å². The first kappa shape index (κ1) is 10.9. The van der Waals surface area contributed by atoms with Gasteiger partial charge in [-0.05, 0) is 23.9 Å². The monoisotopic (exact) mass is 245 g/mol. The van der Waals surface area contributed by atoms with Crippen LogP contribution in [0.2, 0.25) is 4.34 Å². The summed E-state index contributed by atoms with van der Waals surface area (Å²) in [5.41, 5.74) is 0.609. The molecule has 0 bridgehead atoms. The zero-order valence-electron chi connectivity index (χ0n) is 8.36. The van der Waals surface area contributed by atoms with Crippen molar-refractivity contribution >= 4 is 28.9 Å². The summed E-state index contributed by atoms with van der Waals surface area (Å²) >= 11 is 7.33. The van der Waals surface area contributed by atoms with Crippen LogP contribution in [0.4, 0.5) is 0 Å². The molecular formula is C10H12ClNO2S. The van der Waals surface area contributed by atoms with Gasteiger partial charge < -0.3 is 5.11 Å². The van der Waals surface area contributed by atoms with Crippen LogP contribution in [-0.4, -0.2) is 29.1 Å². The molecule has 0 unspecified atom stereocenters. The number of thiophene rings is 1. The zero-order chi connectivity index (χ0) is 11.1. The third-order valence-electron chi connectivity index (χ3n) is 2.69. The van der Waals surface area contributed by atoms with E-state index >= 15 is 0 Å². The molecule has 0 saturated carbocycles. The van der Waals surface area contributed by atoms with Gasteiger partial charge in [0.15, 0.2) is 0 Å². The van der Waals surface area contributed by atoms with Gasteiger partial charge in [0, 0.05) is 19.6 Å². The Morgan fingerprint density at radius 2 is 2.40 bits per heavy atom. The second-order valence-electron chi connectivity index (χ2n) is 4.27. The highest BCUT2D eigenvalue weighted by Crippen LogP contribution is 2.32. The van der Waals surface area contributed by atoms with Gasteiger partial charge in [-0.15, -0.1) is 11.3 Å². The predicted molar refractivity (Wildman–Crippen MR) is 60.3 cm³/mol. The second-order valence-corrected chi connectivity index (χ2v) is 5.81. The Balaban J connectivity index is 1.88. The molecular weight excluding hydrogens is 234 g/mol.